The van der Waals surface area contributed by atoms with Crippen molar-refractivity contribution in [3.63, 3.8) is 0 Å². The van der Waals surface area contributed by atoms with Gasteiger partial charge in [0, 0.05) is 5.92 Å². The van der Waals surface area contributed by atoms with E-state index in [2.05, 4.69) is 20.8 Å². The molecule has 0 radical (unpaired) electrons. The van der Waals surface area contributed by atoms with Crippen molar-refractivity contribution in [1.82, 2.24) is 0 Å². The zero-order chi connectivity index (χ0) is 9.56. The minimum atomic E-state index is 0.315. The summed E-state index contributed by atoms with van der Waals surface area (Å²) in [4.78, 5) is 11.1. The standard InChI is InChI=1S/C11H22O/c1-5-10(6-2)8-11(7-3)9(4)12/h10-11H,5-8H2,1-4H3. The fourth-order valence-corrected chi connectivity index (χ4v) is 1.64. The molecule has 0 aromatic carbocycles. The molecule has 0 spiro atoms. The molecule has 72 valence electrons. The van der Waals surface area contributed by atoms with Crippen molar-refractivity contribution in [3.8, 4) is 0 Å². The Bertz CT molecular complexity index is 125. The minimum Gasteiger partial charge on any atom is -0.300 e. The molecule has 0 saturated heterocycles. The van der Waals surface area contributed by atoms with E-state index in [0.717, 1.165) is 18.8 Å². The third-order valence-corrected chi connectivity index (χ3v) is 2.84. The first-order chi connectivity index (χ1) is 5.65. The molecule has 0 saturated carbocycles. The van der Waals surface area contributed by atoms with Crippen molar-refractivity contribution in [3.05, 3.63) is 0 Å². The van der Waals surface area contributed by atoms with Crippen LogP contribution in [0.4, 0.5) is 0 Å². The van der Waals surface area contributed by atoms with Gasteiger partial charge in [0.05, 0.1) is 0 Å². The summed E-state index contributed by atoms with van der Waals surface area (Å²) in [5, 5.41) is 0. The van der Waals surface area contributed by atoms with Crippen molar-refractivity contribution >= 4 is 5.78 Å². The van der Waals surface area contributed by atoms with Gasteiger partial charge in [-0.2, -0.15) is 0 Å². The molecule has 1 atom stereocenters. The van der Waals surface area contributed by atoms with Crippen molar-refractivity contribution < 1.29 is 4.79 Å². The maximum Gasteiger partial charge on any atom is 0.132 e. The Hall–Kier alpha value is -0.330. The lowest BCUT2D eigenvalue weighted by Crippen LogP contribution is -2.14. The van der Waals surface area contributed by atoms with Crippen LogP contribution in [0.25, 0.3) is 0 Å². The van der Waals surface area contributed by atoms with Crippen LogP contribution in [0.15, 0.2) is 0 Å². The van der Waals surface area contributed by atoms with Gasteiger partial charge in [0.15, 0.2) is 0 Å². The molecule has 0 fully saturated rings. The van der Waals surface area contributed by atoms with Crippen LogP contribution in [0.5, 0.6) is 0 Å². The van der Waals surface area contributed by atoms with E-state index in [1.807, 2.05) is 0 Å². The lowest BCUT2D eigenvalue weighted by Gasteiger charge is -2.17. The van der Waals surface area contributed by atoms with E-state index in [9.17, 15) is 4.79 Å². The average molecular weight is 170 g/mol. The fourth-order valence-electron chi connectivity index (χ4n) is 1.64. The molecule has 0 amide bonds. The van der Waals surface area contributed by atoms with Gasteiger partial charge in [-0.1, -0.05) is 33.6 Å². The Morgan fingerprint density at radius 2 is 1.58 bits per heavy atom. The van der Waals surface area contributed by atoms with E-state index in [1.165, 1.54) is 12.8 Å². The number of Topliss-reactive ketones (excluding diaryl/α,β-unsaturated/α-hetero) is 1. The molecule has 0 rings (SSSR count). The first kappa shape index (κ1) is 11.7. The summed E-state index contributed by atoms with van der Waals surface area (Å²) in [6, 6.07) is 0. The summed E-state index contributed by atoms with van der Waals surface area (Å²) >= 11 is 0. The molecule has 1 unspecified atom stereocenters. The van der Waals surface area contributed by atoms with Gasteiger partial charge in [0.25, 0.3) is 0 Å². The van der Waals surface area contributed by atoms with Gasteiger partial charge < -0.3 is 0 Å². The second kappa shape index (κ2) is 6.22. The van der Waals surface area contributed by atoms with Gasteiger partial charge in [-0.05, 0) is 25.7 Å². The second-order valence-corrected chi connectivity index (χ2v) is 3.63. The molecule has 0 aliphatic heterocycles. The average Bonchev–Trinajstić information content (AvgIpc) is 2.06. The molecule has 0 N–H and O–H groups in total. The Labute approximate surface area is 76.6 Å². The monoisotopic (exact) mass is 170 g/mol. The predicted octanol–water partition coefficient (Wildman–Crippen LogP) is 3.43. The molecule has 0 aromatic rings. The smallest absolute Gasteiger partial charge is 0.132 e. The summed E-state index contributed by atoms with van der Waals surface area (Å²) in [7, 11) is 0. The molecule has 0 aromatic heterocycles. The van der Waals surface area contributed by atoms with Crippen LogP contribution in [-0.4, -0.2) is 5.78 Å². The Kier molecular flexibility index (Phi) is 6.04. The van der Waals surface area contributed by atoms with E-state index in [0.29, 0.717) is 11.7 Å². The summed E-state index contributed by atoms with van der Waals surface area (Å²) in [6.07, 6.45) is 4.52. The number of carbonyl (C=O) groups excluding carboxylic acids is 1. The van der Waals surface area contributed by atoms with E-state index in [-0.39, 0.29) is 0 Å². The van der Waals surface area contributed by atoms with Crippen molar-refractivity contribution in [2.75, 3.05) is 0 Å². The highest BCUT2D eigenvalue weighted by atomic mass is 16.1. The van der Waals surface area contributed by atoms with E-state index in [4.69, 9.17) is 0 Å². The second-order valence-electron chi connectivity index (χ2n) is 3.63. The summed E-state index contributed by atoms with van der Waals surface area (Å²) in [5.41, 5.74) is 0. The third kappa shape index (κ3) is 3.89. The highest BCUT2D eigenvalue weighted by Crippen LogP contribution is 2.21. The van der Waals surface area contributed by atoms with Crippen LogP contribution in [0.2, 0.25) is 0 Å². The molecular weight excluding hydrogens is 148 g/mol. The van der Waals surface area contributed by atoms with Crippen LogP contribution in [0.1, 0.15) is 53.4 Å². The molecule has 0 bridgehead atoms. The first-order valence-electron chi connectivity index (χ1n) is 5.16. The predicted molar refractivity (Wildman–Crippen MR) is 53.2 cm³/mol. The summed E-state index contributed by atoms with van der Waals surface area (Å²) in [5.74, 6) is 1.43. The van der Waals surface area contributed by atoms with Gasteiger partial charge in [-0.15, -0.1) is 0 Å². The molecule has 0 heterocycles. The lowest BCUT2D eigenvalue weighted by molar-refractivity contribution is -0.121. The van der Waals surface area contributed by atoms with Crippen molar-refractivity contribution in [1.29, 1.82) is 0 Å². The topological polar surface area (TPSA) is 17.1 Å². The lowest BCUT2D eigenvalue weighted by atomic mass is 9.87. The molecule has 12 heavy (non-hydrogen) atoms. The van der Waals surface area contributed by atoms with Crippen LogP contribution in [-0.2, 0) is 4.79 Å². The molecule has 0 aliphatic carbocycles. The van der Waals surface area contributed by atoms with Crippen LogP contribution in [0, 0.1) is 11.8 Å². The number of ketones is 1. The maximum atomic E-state index is 11.1. The van der Waals surface area contributed by atoms with E-state index >= 15 is 0 Å². The SMILES string of the molecule is CCC(CC)CC(CC)C(C)=O. The number of carbonyl (C=O) groups is 1. The largest absolute Gasteiger partial charge is 0.300 e. The van der Waals surface area contributed by atoms with Gasteiger partial charge in [0.2, 0.25) is 0 Å². The van der Waals surface area contributed by atoms with Crippen LogP contribution < -0.4 is 0 Å². The number of hydrogen-bond donors (Lipinski definition) is 0. The van der Waals surface area contributed by atoms with Crippen LogP contribution >= 0.6 is 0 Å². The zero-order valence-electron chi connectivity index (χ0n) is 8.89. The Morgan fingerprint density at radius 1 is 1.08 bits per heavy atom. The maximum absolute atomic E-state index is 11.1. The summed E-state index contributed by atoms with van der Waals surface area (Å²) < 4.78 is 0. The number of hydrogen-bond acceptors (Lipinski definition) is 1. The van der Waals surface area contributed by atoms with Crippen molar-refractivity contribution in [2.24, 2.45) is 11.8 Å². The highest BCUT2D eigenvalue weighted by molar-refractivity contribution is 5.78. The molecule has 0 aliphatic rings. The molecule has 1 heteroatoms. The van der Waals surface area contributed by atoms with E-state index in [1.54, 1.807) is 6.92 Å². The molecule has 1 nitrogen and oxygen atoms in total. The minimum absolute atomic E-state index is 0.315. The highest BCUT2D eigenvalue weighted by Gasteiger charge is 2.15. The van der Waals surface area contributed by atoms with Gasteiger partial charge in [-0.3, -0.25) is 4.79 Å². The van der Waals surface area contributed by atoms with Crippen LogP contribution in [0.3, 0.4) is 0 Å². The third-order valence-electron chi connectivity index (χ3n) is 2.84. The summed E-state index contributed by atoms with van der Waals surface area (Å²) in [6.45, 7) is 8.24. The fraction of sp³-hybridized carbons (Fsp3) is 0.909. The first-order valence-corrected chi connectivity index (χ1v) is 5.16. The van der Waals surface area contributed by atoms with Gasteiger partial charge >= 0.3 is 0 Å². The Morgan fingerprint density at radius 3 is 1.83 bits per heavy atom. The van der Waals surface area contributed by atoms with Gasteiger partial charge in [-0.25, -0.2) is 0 Å². The Balaban J connectivity index is 3.91. The number of rotatable bonds is 6. The zero-order valence-corrected chi connectivity index (χ0v) is 8.89. The van der Waals surface area contributed by atoms with Gasteiger partial charge in [0.1, 0.15) is 5.78 Å². The quantitative estimate of drug-likeness (QED) is 0.597. The normalized spacial score (nSPS) is 13.4. The molecular formula is C11H22O. The van der Waals surface area contributed by atoms with E-state index < -0.39 is 0 Å². The van der Waals surface area contributed by atoms with Crippen molar-refractivity contribution in [2.45, 2.75) is 53.4 Å².